The molecule has 10 heteroatoms. The lowest BCUT2D eigenvalue weighted by atomic mass is 9.98. The highest BCUT2D eigenvalue weighted by atomic mass is 16.6. The Morgan fingerprint density at radius 3 is 1.11 bits per heavy atom. The van der Waals surface area contributed by atoms with Gasteiger partial charge in [0.25, 0.3) is 5.91 Å². The molecular formula is C45H83NO9. The minimum atomic E-state index is -1.12. The van der Waals surface area contributed by atoms with E-state index >= 15 is 0 Å². The van der Waals surface area contributed by atoms with Gasteiger partial charge in [-0.3, -0.25) is 24.0 Å². The highest BCUT2D eigenvalue weighted by Crippen LogP contribution is 2.21. The van der Waals surface area contributed by atoms with Crippen molar-refractivity contribution in [3.8, 4) is 0 Å². The molecule has 0 aliphatic heterocycles. The number of nitrogens with one attached hydrogen (secondary N) is 1. The Labute approximate surface area is 336 Å². The van der Waals surface area contributed by atoms with Crippen LogP contribution in [-0.4, -0.2) is 60.7 Å². The van der Waals surface area contributed by atoms with E-state index in [0.717, 1.165) is 44.9 Å². The first-order valence-electron chi connectivity index (χ1n) is 22.5. The molecule has 0 saturated heterocycles. The molecule has 0 fully saturated rings. The lowest BCUT2D eigenvalue weighted by Gasteiger charge is -2.33. The van der Waals surface area contributed by atoms with Crippen molar-refractivity contribution in [3.63, 3.8) is 0 Å². The first-order chi connectivity index (χ1) is 26.5. The van der Waals surface area contributed by atoms with Gasteiger partial charge in [0.1, 0.15) is 18.8 Å². The molecule has 0 saturated carbocycles. The maximum absolute atomic E-state index is 13.6. The van der Waals surface area contributed by atoms with Crippen LogP contribution in [0.15, 0.2) is 0 Å². The number of carbonyl (C=O) groups is 5. The van der Waals surface area contributed by atoms with E-state index in [2.05, 4.69) is 19.2 Å². The third-order valence-electron chi connectivity index (χ3n) is 10.2. The fourth-order valence-electron chi connectivity index (χ4n) is 7.15. The van der Waals surface area contributed by atoms with E-state index in [1.165, 1.54) is 150 Å². The Balaban J connectivity index is 5.11. The van der Waals surface area contributed by atoms with E-state index < -0.39 is 54.1 Å². The van der Waals surface area contributed by atoms with Crippen LogP contribution in [-0.2, 0) is 42.9 Å². The van der Waals surface area contributed by atoms with Gasteiger partial charge in [0.05, 0.1) is 0 Å². The average molecular weight is 782 g/mol. The number of esters is 4. The topological polar surface area (TPSA) is 134 Å². The van der Waals surface area contributed by atoms with Crippen molar-refractivity contribution < 1.29 is 42.9 Å². The Kier molecular flexibility index (Phi) is 35.2. The normalized spacial score (nSPS) is 13.3. The molecule has 0 aromatic heterocycles. The third-order valence-corrected chi connectivity index (χ3v) is 10.2. The molecule has 0 aliphatic rings. The zero-order valence-electron chi connectivity index (χ0n) is 36.2. The van der Waals surface area contributed by atoms with E-state index in [0.29, 0.717) is 19.3 Å². The van der Waals surface area contributed by atoms with Crippen molar-refractivity contribution >= 4 is 29.8 Å². The molecule has 0 radical (unpaired) electrons. The highest BCUT2D eigenvalue weighted by molar-refractivity contribution is 5.83. The van der Waals surface area contributed by atoms with Crippen LogP contribution in [0.4, 0.5) is 0 Å². The SMILES string of the molecule is CCCCCCCCCCCCCCCCCCCC(OC(C)=O)C(OC(C)=O)C(COC(C)=O)NC(=O)C(CCCCCCCCCCCC)OC(C)=O. The zero-order chi connectivity index (χ0) is 40.9. The monoisotopic (exact) mass is 782 g/mol. The smallest absolute Gasteiger partial charge is 0.303 e. The Bertz CT molecular complexity index is 987. The standard InChI is InChI=1S/C45H83NO9/c1-7-9-11-13-15-17-19-20-21-22-23-24-25-27-28-30-32-34-42(53-38(4)48)44(55-40(6)50)41(36-52-37(3)47)46-45(51)43(54-39(5)49)35-33-31-29-26-18-16-14-12-10-8-2/h41-44H,7-36H2,1-6H3,(H,46,51). The Morgan fingerprint density at radius 1 is 0.418 bits per heavy atom. The summed E-state index contributed by atoms with van der Waals surface area (Å²) in [5.41, 5.74) is 0. The van der Waals surface area contributed by atoms with Crippen molar-refractivity contribution in [1.82, 2.24) is 5.32 Å². The quantitative estimate of drug-likeness (QED) is 0.0369. The summed E-state index contributed by atoms with van der Waals surface area (Å²) in [5.74, 6) is -2.93. The lowest BCUT2D eigenvalue weighted by Crippen LogP contribution is -2.56. The van der Waals surface area contributed by atoms with Crippen LogP contribution in [0.2, 0.25) is 0 Å². The van der Waals surface area contributed by atoms with Crippen LogP contribution >= 0.6 is 0 Å². The molecule has 0 aromatic rings. The van der Waals surface area contributed by atoms with Gasteiger partial charge in [-0.05, 0) is 25.7 Å². The fraction of sp³-hybridized carbons (Fsp3) is 0.889. The second-order valence-corrected chi connectivity index (χ2v) is 15.7. The number of unbranched alkanes of at least 4 members (excludes halogenated alkanes) is 25. The molecule has 322 valence electrons. The van der Waals surface area contributed by atoms with E-state index in [1.807, 2.05) is 0 Å². The summed E-state index contributed by atoms with van der Waals surface area (Å²) in [6.45, 7) is 9.18. The van der Waals surface area contributed by atoms with Crippen molar-refractivity contribution in [2.24, 2.45) is 0 Å². The summed E-state index contributed by atoms with van der Waals surface area (Å²) in [4.78, 5) is 62.1. The number of carbonyl (C=O) groups excluding carboxylic acids is 5. The summed E-state index contributed by atoms with van der Waals surface area (Å²) in [5, 5.41) is 2.82. The molecule has 1 N–H and O–H groups in total. The van der Waals surface area contributed by atoms with Gasteiger partial charge in [-0.1, -0.05) is 174 Å². The van der Waals surface area contributed by atoms with Crippen molar-refractivity contribution in [3.05, 3.63) is 0 Å². The first kappa shape index (κ1) is 52.3. The van der Waals surface area contributed by atoms with Crippen LogP contribution in [0.3, 0.4) is 0 Å². The summed E-state index contributed by atoms with van der Waals surface area (Å²) in [6, 6.07) is -1.04. The van der Waals surface area contributed by atoms with Crippen LogP contribution in [0.1, 0.15) is 228 Å². The molecule has 0 heterocycles. The molecule has 0 aliphatic carbocycles. The molecule has 4 unspecified atom stereocenters. The van der Waals surface area contributed by atoms with E-state index in [4.69, 9.17) is 18.9 Å². The van der Waals surface area contributed by atoms with Crippen LogP contribution in [0.25, 0.3) is 0 Å². The highest BCUT2D eigenvalue weighted by Gasteiger charge is 2.38. The zero-order valence-corrected chi connectivity index (χ0v) is 36.2. The summed E-state index contributed by atoms with van der Waals surface area (Å²) in [6.07, 6.45) is 30.0. The minimum Gasteiger partial charge on any atom is -0.464 e. The molecular weight excluding hydrogens is 698 g/mol. The summed E-state index contributed by atoms with van der Waals surface area (Å²) in [7, 11) is 0. The third kappa shape index (κ3) is 33.2. The van der Waals surface area contributed by atoms with Crippen LogP contribution in [0, 0.1) is 0 Å². The second-order valence-electron chi connectivity index (χ2n) is 15.7. The average Bonchev–Trinajstić information content (AvgIpc) is 3.13. The van der Waals surface area contributed by atoms with Gasteiger partial charge in [-0.25, -0.2) is 0 Å². The Morgan fingerprint density at radius 2 is 0.764 bits per heavy atom. The molecule has 0 bridgehead atoms. The van der Waals surface area contributed by atoms with Gasteiger partial charge in [0, 0.05) is 27.7 Å². The minimum absolute atomic E-state index is 0.319. The molecule has 0 aromatic carbocycles. The number of hydrogen-bond acceptors (Lipinski definition) is 9. The maximum Gasteiger partial charge on any atom is 0.303 e. The lowest BCUT2D eigenvalue weighted by molar-refractivity contribution is -0.172. The fourth-order valence-corrected chi connectivity index (χ4v) is 7.15. The molecule has 10 nitrogen and oxygen atoms in total. The van der Waals surface area contributed by atoms with Gasteiger partial charge in [0.2, 0.25) is 0 Å². The van der Waals surface area contributed by atoms with Gasteiger partial charge < -0.3 is 24.3 Å². The van der Waals surface area contributed by atoms with E-state index in [1.54, 1.807) is 0 Å². The predicted octanol–water partition coefficient (Wildman–Crippen LogP) is 11.2. The molecule has 4 atom stereocenters. The van der Waals surface area contributed by atoms with E-state index in [9.17, 15) is 24.0 Å². The maximum atomic E-state index is 13.6. The number of hydrogen-bond donors (Lipinski definition) is 1. The first-order valence-corrected chi connectivity index (χ1v) is 22.5. The molecule has 0 spiro atoms. The molecule has 55 heavy (non-hydrogen) atoms. The van der Waals surface area contributed by atoms with Crippen LogP contribution in [0.5, 0.6) is 0 Å². The van der Waals surface area contributed by atoms with Gasteiger partial charge in [-0.2, -0.15) is 0 Å². The van der Waals surface area contributed by atoms with Crippen molar-refractivity contribution in [1.29, 1.82) is 0 Å². The Hall–Kier alpha value is -2.65. The number of rotatable bonds is 38. The van der Waals surface area contributed by atoms with Gasteiger partial charge >= 0.3 is 23.9 Å². The second kappa shape index (κ2) is 37.0. The number of amides is 1. The van der Waals surface area contributed by atoms with Gasteiger partial charge in [0.15, 0.2) is 12.2 Å². The molecule has 0 rings (SSSR count). The van der Waals surface area contributed by atoms with E-state index in [-0.39, 0.29) is 6.61 Å². The molecule has 1 amide bonds. The van der Waals surface area contributed by atoms with Crippen LogP contribution < -0.4 is 5.32 Å². The van der Waals surface area contributed by atoms with Gasteiger partial charge in [-0.15, -0.1) is 0 Å². The van der Waals surface area contributed by atoms with Crippen molar-refractivity contribution in [2.75, 3.05) is 6.61 Å². The predicted molar refractivity (Wildman–Crippen MR) is 220 cm³/mol. The number of ether oxygens (including phenoxy) is 4. The largest absolute Gasteiger partial charge is 0.464 e. The summed E-state index contributed by atoms with van der Waals surface area (Å²) < 4.78 is 22.1. The summed E-state index contributed by atoms with van der Waals surface area (Å²) >= 11 is 0. The van der Waals surface area contributed by atoms with Crippen molar-refractivity contribution in [2.45, 2.75) is 252 Å².